The average molecular weight is 357 g/mol. The summed E-state index contributed by atoms with van der Waals surface area (Å²) < 4.78 is 10.3. The van der Waals surface area contributed by atoms with Crippen LogP contribution in [0.2, 0.25) is 0 Å². The molecule has 0 fully saturated rings. The number of ether oxygens (including phenoxy) is 2. The Balaban J connectivity index is 3.31. The molecule has 0 aliphatic rings. The molecule has 0 saturated carbocycles. The highest BCUT2D eigenvalue weighted by molar-refractivity contribution is 5.72. The number of carbonyl (C=O) groups excluding carboxylic acids is 2. The number of carbonyl (C=O) groups is 2. The fourth-order valence-electron chi connectivity index (χ4n) is 2.66. The molecule has 0 N–H and O–H groups in total. The van der Waals surface area contributed by atoms with E-state index in [4.69, 9.17) is 9.47 Å². The number of esters is 2. The van der Waals surface area contributed by atoms with Gasteiger partial charge in [0, 0.05) is 12.8 Å². The highest BCUT2D eigenvalue weighted by Crippen LogP contribution is 2.09. The van der Waals surface area contributed by atoms with Gasteiger partial charge in [-0.05, 0) is 19.3 Å². The number of rotatable bonds is 18. The molecule has 25 heavy (non-hydrogen) atoms. The molecule has 0 heterocycles. The van der Waals surface area contributed by atoms with Gasteiger partial charge < -0.3 is 9.47 Å². The Kier molecular flexibility index (Phi) is 18.5. The van der Waals surface area contributed by atoms with Crippen molar-refractivity contribution >= 4 is 11.9 Å². The number of unbranched alkanes of at least 4 members (excludes halogenated alkanes) is 10. The Morgan fingerprint density at radius 1 is 0.520 bits per heavy atom. The summed E-state index contributed by atoms with van der Waals surface area (Å²) in [6, 6.07) is 0. The van der Waals surface area contributed by atoms with Crippen molar-refractivity contribution < 1.29 is 19.1 Å². The second-order valence-corrected chi connectivity index (χ2v) is 6.83. The molecule has 0 bridgehead atoms. The molecular weight excluding hydrogens is 316 g/mol. The summed E-state index contributed by atoms with van der Waals surface area (Å²) in [5, 5.41) is 0. The maximum Gasteiger partial charge on any atom is 0.305 e. The summed E-state index contributed by atoms with van der Waals surface area (Å²) in [7, 11) is 0. The van der Waals surface area contributed by atoms with Gasteiger partial charge in [-0.15, -0.1) is 0 Å². The van der Waals surface area contributed by atoms with E-state index in [1.807, 2.05) is 0 Å². The van der Waals surface area contributed by atoms with E-state index in [9.17, 15) is 9.59 Å². The molecule has 0 atom stereocenters. The third-order valence-electron chi connectivity index (χ3n) is 4.28. The van der Waals surface area contributed by atoms with Gasteiger partial charge in [0.1, 0.15) is 0 Å². The Morgan fingerprint density at radius 3 is 1.32 bits per heavy atom. The van der Waals surface area contributed by atoms with Crippen LogP contribution in [0.25, 0.3) is 0 Å². The Morgan fingerprint density at radius 2 is 0.880 bits per heavy atom. The first-order chi connectivity index (χ1) is 12.2. The third kappa shape index (κ3) is 19.1. The maximum atomic E-state index is 11.6. The van der Waals surface area contributed by atoms with Crippen LogP contribution in [-0.4, -0.2) is 25.2 Å². The summed E-state index contributed by atoms with van der Waals surface area (Å²) in [5.41, 5.74) is 0. The minimum Gasteiger partial charge on any atom is -0.466 e. The van der Waals surface area contributed by atoms with Gasteiger partial charge in [0.15, 0.2) is 0 Å². The first-order valence-corrected chi connectivity index (χ1v) is 10.5. The van der Waals surface area contributed by atoms with Gasteiger partial charge in [0.2, 0.25) is 0 Å². The predicted molar refractivity (Wildman–Crippen MR) is 103 cm³/mol. The van der Waals surface area contributed by atoms with Crippen molar-refractivity contribution in [3.05, 3.63) is 0 Å². The summed E-state index contributed by atoms with van der Waals surface area (Å²) in [6.07, 6.45) is 15.4. The van der Waals surface area contributed by atoms with E-state index in [0.29, 0.717) is 32.5 Å². The topological polar surface area (TPSA) is 52.6 Å². The SMILES string of the molecule is CCCCCCCCCCOC(=O)CCCC(=O)OCCCCCC. The lowest BCUT2D eigenvalue weighted by Crippen LogP contribution is -2.09. The predicted octanol–water partition coefficient (Wildman–Crippen LogP) is 5.96. The van der Waals surface area contributed by atoms with Crippen LogP contribution < -0.4 is 0 Å². The Labute approximate surface area is 155 Å². The first-order valence-electron chi connectivity index (χ1n) is 10.5. The summed E-state index contributed by atoms with van der Waals surface area (Å²) in [6.45, 7) is 5.39. The van der Waals surface area contributed by atoms with E-state index in [0.717, 1.165) is 25.7 Å². The largest absolute Gasteiger partial charge is 0.466 e. The lowest BCUT2D eigenvalue weighted by molar-refractivity contribution is -0.145. The second kappa shape index (κ2) is 19.3. The maximum absolute atomic E-state index is 11.6. The minimum absolute atomic E-state index is 0.196. The van der Waals surface area contributed by atoms with Gasteiger partial charge in [0.25, 0.3) is 0 Å². The zero-order valence-electron chi connectivity index (χ0n) is 16.7. The van der Waals surface area contributed by atoms with Crippen molar-refractivity contribution in [2.75, 3.05) is 13.2 Å². The zero-order chi connectivity index (χ0) is 18.6. The number of hydrogen-bond acceptors (Lipinski definition) is 4. The van der Waals surface area contributed by atoms with Crippen LogP contribution in [0.5, 0.6) is 0 Å². The molecule has 4 heteroatoms. The Hall–Kier alpha value is -1.06. The van der Waals surface area contributed by atoms with Gasteiger partial charge in [-0.1, -0.05) is 78.1 Å². The van der Waals surface area contributed by atoms with Crippen molar-refractivity contribution in [2.24, 2.45) is 0 Å². The quantitative estimate of drug-likeness (QED) is 0.224. The van der Waals surface area contributed by atoms with Gasteiger partial charge in [-0.25, -0.2) is 0 Å². The van der Waals surface area contributed by atoms with Crippen LogP contribution in [0.4, 0.5) is 0 Å². The fourth-order valence-corrected chi connectivity index (χ4v) is 2.66. The van der Waals surface area contributed by atoms with Crippen molar-refractivity contribution in [1.82, 2.24) is 0 Å². The lowest BCUT2D eigenvalue weighted by atomic mass is 10.1. The molecular formula is C21H40O4. The molecule has 0 radical (unpaired) electrons. The molecule has 0 rings (SSSR count). The molecule has 0 spiro atoms. The summed E-state index contributed by atoms with van der Waals surface area (Å²) in [5.74, 6) is -0.397. The van der Waals surface area contributed by atoms with Gasteiger partial charge in [-0.3, -0.25) is 9.59 Å². The van der Waals surface area contributed by atoms with Crippen LogP contribution >= 0.6 is 0 Å². The summed E-state index contributed by atoms with van der Waals surface area (Å²) >= 11 is 0. The van der Waals surface area contributed by atoms with Gasteiger partial charge in [-0.2, -0.15) is 0 Å². The van der Waals surface area contributed by atoms with Crippen LogP contribution in [0, 0.1) is 0 Å². The molecule has 0 amide bonds. The van der Waals surface area contributed by atoms with Crippen molar-refractivity contribution in [3.8, 4) is 0 Å². The molecule has 148 valence electrons. The molecule has 0 aromatic rings. The molecule has 0 aromatic heterocycles. The third-order valence-corrected chi connectivity index (χ3v) is 4.28. The second-order valence-electron chi connectivity index (χ2n) is 6.83. The van der Waals surface area contributed by atoms with Crippen molar-refractivity contribution in [3.63, 3.8) is 0 Å². The van der Waals surface area contributed by atoms with E-state index >= 15 is 0 Å². The van der Waals surface area contributed by atoms with E-state index in [2.05, 4.69) is 13.8 Å². The van der Waals surface area contributed by atoms with Gasteiger partial charge >= 0.3 is 11.9 Å². The van der Waals surface area contributed by atoms with Gasteiger partial charge in [0.05, 0.1) is 13.2 Å². The smallest absolute Gasteiger partial charge is 0.305 e. The number of hydrogen-bond donors (Lipinski definition) is 0. The lowest BCUT2D eigenvalue weighted by Gasteiger charge is -2.06. The van der Waals surface area contributed by atoms with Crippen molar-refractivity contribution in [1.29, 1.82) is 0 Å². The highest BCUT2D eigenvalue weighted by atomic mass is 16.5. The highest BCUT2D eigenvalue weighted by Gasteiger charge is 2.07. The van der Waals surface area contributed by atoms with Crippen LogP contribution in [0.3, 0.4) is 0 Å². The standard InChI is InChI=1S/C21H40O4/c1-3-5-7-9-10-11-12-14-19-25-21(23)17-15-16-20(22)24-18-13-8-6-4-2/h3-19H2,1-2H3. The average Bonchev–Trinajstić information content (AvgIpc) is 2.60. The monoisotopic (exact) mass is 356 g/mol. The normalized spacial score (nSPS) is 10.6. The van der Waals surface area contributed by atoms with Crippen LogP contribution in [-0.2, 0) is 19.1 Å². The molecule has 0 aliphatic carbocycles. The Bertz CT molecular complexity index is 315. The van der Waals surface area contributed by atoms with E-state index in [1.54, 1.807) is 0 Å². The molecule has 0 unspecified atom stereocenters. The minimum atomic E-state index is -0.202. The van der Waals surface area contributed by atoms with E-state index in [-0.39, 0.29) is 11.9 Å². The molecule has 0 saturated heterocycles. The molecule has 0 aliphatic heterocycles. The fraction of sp³-hybridized carbons (Fsp3) is 0.905. The molecule has 0 aromatic carbocycles. The van der Waals surface area contributed by atoms with Crippen LogP contribution in [0.15, 0.2) is 0 Å². The van der Waals surface area contributed by atoms with E-state index < -0.39 is 0 Å². The van der Waals surface area contributed by atoms with Crippen molar-refractivity contribution in [2.45, 2.75) is 110 Å². The first kappa shape index (κ1) is 23.9. The zero-order valence-corrected chi connectivity index (χ0v) is 16.7. The summed E-state index contributed by atoms with van der Waals surface area (Å²) in [4.78, 5) is 23.1. The van der Waals surface area contributed by atoms with E-state index in [1.165, 1.54) is 51.4 Å². The van der Waals surface area contributed by atoms with Crippen LogP contribution in [0.1, 0.15) is 110 Å². The molecule has 4 nitrogen and oxygen atoms in total.